The van der Waals surface area contributed by atoms with Gasteiger partial charge in [0.1, 0.15) is 0 Å². The summed E-state index contributed by atoms with van der Waals surface area (Å²) in [7, 11) is 0. The molecule has 0 bridgehead atoms. The minimum absolute atomic E-state index is 0.644. The highest BCUT2D eigenvalue weighted by atomic mass is 32.1. The van der Waals surface area contributed by atoms with Gasteiger partial charge >= 0.3 is 0 Å². The van der Waals surface area contributed by atoms with Gasteiger partial charge in [-0.05, 0) is 53.1 Å². The molecule has 56 heavy (non-hydrogen) atoms. The zero-order chi connectivity index (χ0) is 37.0. The van der Waals surface area contributed by atoms with Crippen LogP contribution in [0.5, 0.6) is 0 Å². The van der Waals surface area contributed by atoms with E-state index < -0.39 is 0 Å². The molecule has 11 aromatic rings. The van der Waals surface area contributed by atoms with E-state index in [1.54, 1.807) is 11.3 Å². The van der Waals surface area contributed by atoms with E-state index in [1.807, 2.05) is 24.3 Å². The van der Waals surface area contributed by atoms with Crippen molar-refractivity contribution in [2.45, 2.75) is 0 Å². The average molecular weight is 733 g/mol. The van der Waals surface area contributed by atoms with Crippen molar-refractivity contribution in [3.8, 4) is 62.1 Å². The molecule has 8 aromatic carbocycles. The Bertz CT molecular complexity index is 3200. The Balaban J connectivity index is 1.12. The molecular formula is C51H32N4S. The number of rotatable bonds is 6. The summed E-state index contributed by atoms with van der Waals surface area (Å²) in [4.78, 5) is 15.5. The number of thiophene rings is 1. The third kappa shape index (κ3) is 5.32. The van der Waals surface area contributed by atoms with Gasteiger partial charge in [0.25, 0.3) is 0 Å². The number of hydrogen-bond donors (Lipinski definition) is 0. The smallest absolute Gasteiger partial charge is 0.165 e. The van der Waals surface area contributed by atoms with Crippen LogP contribution in [0.15, 0.2) is 194 Å². The quantitative estimate of drug-likeness (QED) is 0.171. The van der Waals surface area contributed by atoms with Crippen molar-refractivity contribution in [3.63, 3.8) is 0 Å². The van der Waals surface area contributed by atoms with Crippen molar-refractivity contribution in [2.75, 3.05) is 0 Å². The van der Waals surface area contributed by atoms with Gasteiger partial charge in [0.05, 0.1) is 16.7 Å². The van der Waals surface area contributed by atoms with Gasteiger partial charge in [0.2, 0.25) is 0 Å². The molecule has 5 heteroatoms. The topological polar surface area (TPSA) is 43.6 Å². The number of aromatic nitrogens is 4. The summed E-state index contributed by atoms with van der Waals surface area (Å²) >= 11 is 1.80. The first-order valence-electron chi connectivity index (χ1n) is 18.8. The summed E-state index contributed by atoms with van der Waals surface area (Å²) in [5.74, 6) is 1.95. The molecule has 0 radical (unpaired) electrons. The molecule has 0 saturated heterocycles. The van der Waals surface area contributed by atoms with Gasteiger partial charge < -0.3 is 4.57 Å². The Morgan fingerprint density at radius 2 is 0.875 bits per heavy atom. The van der Waals surface area contributed by atoms with Crippen molar-refractivity contribution in [1.29, 1.82) is 0 Å². The van der Waals surface area contributed by atoms with Crippen molar-refractivity contribution < 1.29 is 0 Å². The molecule has 0 aliphatic heterocycles. The fraction of sp³-hybridized carbons (Fsp3) is 0. The standard InChI is InChI=1S/C51H32N4S/c1-3-16-33(17-4-1)35-20-13-21-36(32-35)50-52-49(34-18-5-2-6-19-34)53-51(54-50)42-27-14-26-41-47-40(25-15-31-46(47)56-48(41)42)39-24-9-12-30-45(39)55-43-28-10-7-22-37(43)38-23-8-11-29-44(38)55/h1-32H. The first-order valence-corrected chi connectivity index (χ1v) is 19.6. The Morgan fingerprint density at radius 1 is 0.357 bits per heavy atom. The van der Waals surface area contributed by atoms with E-state index >= 15 is 0 Å². The normalized spacial score (nSPS) is 11.6. The van der Waals surface area contributed by atoms with Gasteiger partial charge in [-0.1, -0.05) is 158 Å². The summed E-state index contributed by atoms with van der Waals surface area (Å²) in [6.07, 6.45) is 0. The molecule has 11 rings (SSSR count). The van der Waals surface area contributed by atoms with Gasteiger partial charge in [0.15, 0.2) is 17.5 Å². The average Bonchev–Trinajstić information content (AvgIpc) is 3.83. The second-order valence-corrected chi connectivity index (χ2v) is 15.0. The fourth-order valence-electron chi connectivity index (χ4n) is 8.14. The highest BCUT2D eigenvalue weighted by Crippen LogP contribution is 2.45. The van der Waals surface area contributed by atoms with Crippen LogP contribution in [0.2, 0.25) is 0 Å². The van der Waals surface area contributed by atoms with Gasteiger partial charge in [0, 0.05) is 53.2 Å². The second-order valence-electron chi connectivity index (χ2n) is 14.0. The number of nitrogens with zero attached hydrogens (tertiary/aromatic N) is 4. The van der Waals surface area contributed by atoms with Crippen LogP contribution >= 0.6 is 11.3 Å². The van der Waals surface area contributed by atoms with Crippen molar-refractivity contribution in [3.05, 3.63) is 194 Å². The maximum absolute atomic E-state index is 5.22. The summed E-state index contributed by atoms with van der Waals surface area (Å²) in [6, 6.07) is 68.5. The number of hydrogen-bond acceptors (Lipinski definition) is 4. The van der Waals surface area contributed by atoms with Gasteiger partial charge in [-0.3, -0.25) is 0 Å². The monoisotopic (exact) mass is 732 g/mol. The Labute approximate surface area is 327 Å². The number of fused-ring (bicyclic) bond motifs is 6. The molecule has 3 aromatic heterocycles. The van der Waals surface area contributed by atoms with Crippen molar-refractivity contribution >= 4 is 53.3 Å². The van der Waals surface area contributed by atoms with E-state index in [0.29, 0.717) is 17.5 Å². The van der Waals surface area contributed by atoms with Crippen LogP contribution in [0.4, 0.5) is 0 Å². The summed E-state index contributed by atoms with van der Waals surface area (Å²) in [5, 5.41) is 4.92. The van der Waals surface area contributed by atoms with Crippen LogP contribution in [0.25, 0.3) is 104 Å². The Hall–Kier alpha value is -7.21. The summed E-state index contributed by atoms with van der Waals surface area (Å²) in [5.41, 5.74) is 11.1. The van der Waals surface area contributed by atoms with Crippen LogP contribution in [0.3, 0.4) is 0 Å². The van der Waals surface area contributed by atoms with E-state index in [1.165, 1.54) is 48.4 Å². The molecule has 0 N–H and O–H groups in total. The summed E-state index contributed by atoms with van der Waals surface area (Å²) < 4.78 is 4.79. The molecule has 0 fully saturated rings. The van der Waals surface area contributed by atoms with Crippen LogP contribution in [0, 0.1) is 0 Å². The lowest BCUT2D eigenvalue weighted by atomic mass is 9.97. The highest BCUT2D eigenvalue weighted by Gasteiger charge is 2.21. The third-order valence-corrected chi connectivity index (χ3v) is 11.9. The molecular weight excluding hydrogens is 701 g/mol. The predicted octanol–water partition coefficient (Wildman–Crippen LogP) is 13.7. The minimum atomic E-state index is 0.644. The van der Waals surface area contributed by atoms with E-state index in [-0.39, 0.29) is 0 Å². The van der Waals surface area contributed by atoms with E-state index in [9.17, 15) is 0 Å². The minimum Gasteiger partial charge on any atom is -0.309 e. The largest absolute Gasteiger partial charge is 0.309 e. The maximum atomic E-state index is 5.22. The van der Waals surface area contributed by atoms with Crippen LogP contribution in [-0.2, 0) is 0 Å². The molecule has 0 aliphatic carbocycles. The van der Waals surface area contributed by atoms with E-state index in [4.69, 9.17) is 15.0 Å². The van der Waals surface area contributed by atoms with Crippen LogP contribution < -0.4 is 0 Å². The summed E-state index contributed by atoms with van der Waals surface area (Å²) in [6.45, 7) is 0. The van der Waals surface area contributed by atoms with Crippen molar-refractivity contribution in [2.24, 2.45) is 0 Å². The third-order valence-electron chi connectivity index (χ3n) is 10.7. The lowest BCUT2D eigenvalue weighted by Crippen LogP contribution is -2.00. The highest BCUT2D eigenvalue weighted by molar-refractivity contribution is 7.26. The fourth-order valence-corrected chi connectivity index (χ4v) is 9.37. The zero-order valence-electron chi connectivity index (χ0n) is 30.2. The van der Waals surface area contributed by atoms with Crippen molar-refractivity contribution in [1.82, 2.24) is 19.5 Å². The van der Waals surface area contributed by atoms with Crippen LogP contribution in [-0.4, -0.2) is 19.5 Å². The first-order chi connectivity index (χ1) is 27.8. The van der Waals surface area contributed by atoms with E-state index in [0.717, 1.165) is 38.2 Å². The molecule has 4 nitrogen and oxygen atoms in total. The number of benzene rings is 8. The second kappa shape index (κ2) is 13.3. The Kier molecular flexibility index (Phi) is 7.64. The van der Waals surface area contributed by atoms with Gasteiger partial charge in [-0.25, -0.2) is 15.0 Å². The zero-order valence-corrected chi connectivity index (χ0v) is 31.0. The molecule has 3 heterocycles. The first kappa shape index (κ1) is 32.2. The lowest BCUT2D eigenvalue weighted by Gasteiger charge is -2.15. The lowest BCUT2D eigenvalue weighted by molar-refractivity contribution is 1.08. The van der Waals surface area contributed by atoms with E-state index in [2.05, 4.69) is 174 Å². The van der Waals surface area contributed by atoms with Gasteiger partial charge in [-0.2, -0.15) is 0 Å². The SMILES string of the molecule is c1ccc(-c2cccc(-c3nc(-c4ccccc4)nc(-c4cccc5c4sc4cccc(-c6ccccc6-n6c7ccccc7c7ccccc76)c45)n3)c2)cc1. The Morgan fingerprint density at radius 3 is 1.64 bits per heavy atom. The molecule has 0 atom stereocenters. The maximum Gasteiger partial charge on any atom is 0.165 e. The molecule has 262 valence electrons. The molecule has 0 spiro atoms. The molecule has 0 unspecified atom stereocenters. The predicted molar refractivity (Wildman–Crippen MR) is 234 cm³/mol. The molecule has 0 saturated carbocycles. The molecule has 0 amide bonds. The van der Waals surface area contributed by atoms with Gasteiger partial charge in [-0.15, -0.1) is 11.3 Å². The molecule has 0 aliphatic rings. The van der Waals surface area contributed by atoms with Crippen LogP contribution in [0.1, 0.15) is 0 Å². The number of para-hydroxylation sites is 3.